The molecule has 0 saturated carbocycles. The van der Waals surface area contributed by atoms with Crippen molar-refractivity contribution in [3.63, 3.8) is 0 Å². The summed E-state index contributed by atoms with van der Waals surface area (Å²) in [6.45, 7) is 3.65. The monoisotopic (exact) mass is 346 g/mol. The smallest absolute Gasteiger partial charge is 0.416 e. The Kier molecular flexibility index (Phi) is 5.45. The molecule has 7 heteroatoms. The van der Waals surface area contributed by atoms with Crippen LogP contribution >= 0.6 is 0 Å². The van der Waals surface area contributed by atoms with Gasteiger partial charge in [0.1, 0.15) is 23.2 Å². The van der Waals surface area contributed by atoms with Crippen molar-refractivity contribution in [3.8, 4) is 17.4 Å². The summed E-state index contributed by atoms with van der Waals surface area (Å²) in [7, 11) is 0. The normalized spacial score (nSPS) is 11.7. The Bertz CT molecular complexity index is 858. The van der Waals surface area contributed by atoms with Gasteiger partial charge in [-0.05, 0) is 24.3 Å². The van der Waals surface area contributed by atoms with Gasteiger partial charge >= 0.3 is 6.18 Å². The van der Waals surface area contributed by atoms with Gasteiger partial charge in [-0.25, -0.2) is 0 Å². The highest BCUT2D eigenvalue weighted by molar-refractivity contribution is 6.01. The Labute approximate surface area is 141 Å². The van der Waals surface area contributed by atoms with Crippen LogP contribution in [0.1, 0.15) is 11.3 Å². The molecule has 1 heterocycles. The fraction of sp³-hybridized carbons (Fsp3) is 0.111. The number of alkyl halides is 3. The van der Waals surface area contributed by atoms with Crippen LogP contribution in [0.15, 0.2) is 59.0 Å². The first-order valence-corrected chi connectivity index (χ1v) is 7.13. The highest BCUT2D eigenvalue weighted by atomic mass is 19.4. The zero-order valence-electron chi connectivity index (χ0n) is 12.9. The molecule has 2 aromatic rings. The van der Waals surface area contributed by atoms with Gasteiger partial charge in [-0.2, -0.15) is 18.4 Å². The average Bonchev–Trinajstić information content (AvgIpc) is 3.05. The minimum atomic E-state index is -4.46. The summed E-state index contributed by atoms with van der Waals surface area (Å²) in [6, 6.07) is 9.36. The molecular formula is C18H13F3N2O2. The summed E-state index contributed by atoms with van der Waals surface area (Å²) in [5.74, 6) is -0.224. The van der Waals surface area contributed by atoms with Crippen LogP contribution in [0.4, 0.5) is 13.2 Å². The molecule has 1 aromatic heterocycles. The van der Waals surface area contributed by atoms with Gasteiger partial charge in [-0.3, -0.25) is 4.79 Å². The zero-order chi connectivity index (χ0) is 18.4. The van der Waals surface area contributed by atoms with Crippen LogP contribution < -0.4 is 5.32 Å². The summed E-state index contributed by atoms with van der Waals surface area (Å²) < 4.78 is 43.7. The van der Waals surface area contributed by atoms with E-state index in [2.05, 4.69) is 11.9 Å². The lowest BCUT2D eigenvalue weighted by Crippen LogP contribution is -2.24. The quantitative estimate of drug-likeness (QED) is 0.502. The lowest BCUT2D eigenvalue weighted by Gasteiger charge is -2.07. The number of benzene rings is 1. The van der Waals surface area contributed by atoms with E-state index in [1.165, 1.54) is 36.4 Å². The third kappa shape index (κ3) is 4.61. The molecule has 4 nitrogen and oxygen atoms in total. The SMILES string of the molecule is C=CCNC(=O)/C(C#N)=C/c1ccc(-c2cccc(C(F)(F)F)c2)o1. The minimum absolute atomic E-state index is 0.178. The van der Waals surface area contributed by atoms with Gasteiger partial charge in [0.25, 0.3) is 5.91 Å². The van der Waals surface area contributed by atoms with E-state index in [1.54, 1.807) is 6.07 Å². The largest absolute Gasteiger partial charge is 0.457 e. The predicted molar refractivity (Wildman–Crippen MR) is 85.9 cm³/mol. The van der Waals surface area contributed by atoms with Gasteiger partial charge in [-0.15, -0.1) is 6.58 Å². The molecule has 0 fully saturated rings. The van der Waals surface area contributed by atoms with Crippen molar-refractivity contribution >= 4 is 12.0 Å². The summed E-state index contributed by atoms with van der Waals surface area (Å²) in [5, 5.41) is 11.5. The summed E-state index contributed by atoms with van der Waals surface area (Å²) in [5.41, 5.74) is -0.740. The zero-order valence-corrected chi connectivity index (χ0v) is 12.9. The maximum absolute atomic E-state index is 12.8. The van der Waals surface area contributed by atoms with Crippen molar-refractivity contribution in [2.24, 2.45) is 0 Å². The highest BCUT2D eigenvalue weighted by Gasteiger charge is 2.30. The molecule has 0 bridgehead atoms. The van der Waals surface area contributed by atoms with Gasteiger partial charge in [-0.1, -0.05) is 18.2 Å². The first-order valence-electron chi connectivity index (χ1n) is 7.13. The molecule has 0 saturated heterocycles. The number of hydrogen-bond donors (Lipinski definition) is 1. The Morgan fingerprint density at radius 3 is 2.72 bits per heavy atom. The molecule has 25 heavy (non-hydrogen) atoms. The first kappa shape index (κ1) is 18.1. The van der Waals surface area contributed by atoms with Crippen molar-refractivity contribution in [1.29, 1.82) is 5.26 Å². The van der Waals surface area contributed by atoms with Crippen molar-refractivity contribution in [2.45, 2.75) is 6.18 Å². The third-order valence-electron chi connectivity index (χ3n) is 3.16. The molecule has 2 rings (SSSR count). The molecule has 128 valence electrons. The van der Waals surface area contributed by atoms with Gasteiger partial charge in [0.05, 0.1) is 5.56 Å². The summed E-state index contributed by atoms with van der Waals surface area (Å²) in [6.07, 6.45) is -1.77. The fourth-order valence-corrected chi connectivity index (χ4v) is 1.99. The van der Waals surface area contributed by atoms with Crippen molar-refractivity contribution < 1.29 is 22.4 Å². The Hall–Kier alpha value is -3.27. The molecule has 0 aliphatic rings. The first-order chi connectivity index (χ1) is 11.8. The van der Waals surface area contributed by atoms with E-state index in [0.29, 0.717) is 0 Å². The number of nitriles is 1. The second kappa shape index (κ2) is 7.53. The lowest BCUT2D eigenvalue weighted by molar-refractivity contribution is -0.137. The molecule has 0 radical (unpaired) electrons. The van der Waals surface area contributed by atoms with E-state index < -0.39 is 17.6 Å². The van der Waals surface area contributed by atoms with Gasteiger partial charge < -0.3 is 9.73 Å². The van der Waals surface area contributed by atoms with Crippen molar-refractivity contribution in [1.82, 2.24) is 5.32 Å². The second-order valence-corrected chi connectivity index (χ2v) is 4.95. The van der Waals surface area contributed by atoms with Gasteiger partial charge in [0, 0.05) is 18.2 Å². The van der Waals surface area contributed by atoms with E-state index in [0.717, 1.165) is 12.1 Å². The minimum Gasteiger partial charge on any atom is -0.457 e. The highest BCUT2D eigenvalue weighted by Crippen LogP contribution is 2.32. The number of halogens is 3. The average molecular weight is 346 g/mol. The predicted octanol–water partition coefficient (Wildman–Crippen LogP) is 4.17. The molecule has 1 N–H and O–H groups in total. The van der Waals surface area contributed by atoms with E-state index >= 15 is 0 Å². The molecule has 0 aliphatic carbocycles. The number of rotatable bonds is 5. The fourth-order valence-electron chi connectivity index (χ4n) is 1.99. The molecule has 0 unspecified atom stereocenters. The topological polar surface area (TPSA) is 66.0 Å². The Balaban J connectivity index is 2.28. The van der Waals surface area contributed by atoms with Gasteiger partial charge in [0.2, 0.25) is 0 Å². The third-order valence-corrected chi connectivity index (χ3v) is 3.16. The van der Waals surface area contributed by atoms with Crippen LogP contribution in [0.3, 0.4) is 0 Å². The number of nitrogens with zero attached hydrogens (tertiary/aromatic N) is 1. The summed E-state index contributed by atoms with van der Waals surface area (Å²) in [4.78, 5) is 11.8. The number of carbonyl (C=O) groups excluding carboxylic acids is 1. The molecule has 0 spiro atoms. The van der Waals surface area contributed by atoms with Crippen molar-refractivity contribution in [3.05, 3.63) is 65.9 Å². The molecule has 1 aromatic carbocycles. The second-order valence-electron chi connectivity index (χ2n) is 4.95. The number of furan rings is 1. The van der Waals surface area contributed by atoms with E-state index in [-0.39, 0.29) is 29.2 Å². The molecule has 0 atom stereocenters. The van der Waals surface area contributed by atoms with Crippen LogP contribution in [0.25, 0.3) is 17.4 Å². The van der Waals surface area contributed by atoms with Crippen LogP contribution in [-0.4, -0.2) is 12.5 Å². The maximum Gasteiger partial charge on any atom is 0.416 e. The van der Waals surface area contributed by atoms with E-state index in [1.807, 2.05) is 0 Å². The Morgan fingerprint density at radius 1 is 1.32 bits per heavy atom. The summed E-state index contributed by atoms with van der Waals surface area (Å²) >= 11 is 0. The van der Waals surface area contributed by atoms with Crippen LogP contribution in [-0.2, 0) is 11.0 Å². The Morgan fingerprint density at radius 2 is 2.08 bits per heavy atom. The van der Waals surface area contributed by atoms with E-state index in [9.17, 15) is 18.0 Å². The number of amides is 1. The standard InChI is InChI=1S/C18H13F3N2O2/c1-2-8-23-17(24)13(11-22)10-15-6-7-16(25-15)12-4-3-5-14(9-12)18(19,20)21/h2-7,9-10H,1,8H2,(H,23,24)/b13-10+. The number of nitrogens with one attached hydrogen (secondary N) is 1. The van der Waals surface area contributed by atoms with Crippen LogP contribution in [0.5, 0.6) is 0 Å². The lowest BCUT2D eigenvalue weighted by atomic mass is 10.1. The van der Waals surface area contributed by atoms with E-state index in [4.69, 9.17) is 9.68 Å². The number of carbonyl (C=O) groups is 1. The van der Waals surface area contributed by atoms with Crippen molar-refractivity contribution in [2.75, 3.05) is 6.54 Å². The molecule has 1 amide bonds. The maximum atomic E-state index is 12.8. The van der Waals surface area contributed by atoms with Gasteiger partial charge in [0.15, 0.2) is 0 Å². The molecule has 0 aliphatic heterocycles. The van der Waals surface area contributed by atoms with Crippen LogP contribution in [0, 0.1) is 11.3 Å². The molecular weight excluding hydrogens is 333 g/mol. The van der Waals surface area contributed by atoms with Crippen LogP contribution in [0.2, 0.25) is 0 Å². The number of hydrogen-bond acceptors (Lipinski definition) is 3.